The molecule has 0 aromatic carbocycles. The van der Waals surface area contributed by atoms with E-state index >= 15 is 0 Å². The maximum Gasteiger partial charge on any atom is 0.191 e. The minimum Gasteiger partial charge on any atom is -0.467 e. The van der Waals surface area contributed by atoms with E-state index < -0.39 is 9.84 Å². The van der Waals surface area contributed by atoms with E-state index in [1.165, 1.54) is 6.26 Å². The Kier molecular flexibility index (Phi) is 6.93. The molecule has 0 bridgehead atoms. The SMILES string of the molecule is CCNC(=NCc1ccco1)NCC(C)(C)CCS(C)(=O)=O. The molecule has 1 rings (SSSR count). The zero-order valence-electron chi connectivity index (χ0n) is 13.8. The molecule has 0 aliphatic rings. The molecule has 0 spiro atoms. The van der Waals surface area contributed by atoms with Crippen LogP contribution in [0.1, 0.15) is 33.0 Å². The second-order valence-corrected chi connectivity index (χ2v) is 8.43. The summed E-state index contributed by atoms with van der Waals surface area (Å²) in [6.07, 6.45) is 3.50. The smallest absolute Gasteiger partial charge is 0.191 e. The molecule has 22 heavy (non-hydrogen) atoms. The van der Waals surface area contributed by atoms with Crippen LogP contribution in [0.5, 0.6) is 0 Å². The van der Waals surface area contributed by atoms with Gasteiger partial charge in [-0.1, -0.05) is 13.8 Å². The average molecular weight is 329 g/mol. The van der Waals surface area contributed by atoms with Crippen LogP contribution in [0.4, 0.5) is 0 Å². The normalized spacial score (nSPS) is 13.2. The first-order chi connectivity index (χ1) is 10.2. The van der Waals surface area contributed by atoms with E-state index in [1.54, 1.807) is 6.26 Å². The summed E-state index contributed by atoms with van der Waals surface area (Å²) in [6, 6.07) is 3.71. The number of aliphatic imine (C=N–C) groups is 1. The lowest BCUT2D eigenvalue weighted by atomic mass is 9.90. The molecule has 0 aliphatic carbocycles. The minimum atomic E-state index is -2.93. The fourth-order valence-corrected chi connectivity index (χ4v) is 2.70. The van der Waals surface area contributed by atoms with Crippen LogP contribution >= 0.6 is 0 Å². The second-order valence-electron chi connectivity index (χ2n) is 6.17. The quantitative estimate of drug-likeness (QED) is 0.561. The molecular formula is C15H27N3O3S. The van der Waals surface area contributed by atoms with Crippen LogP contribution < -0.4 is 10.6 Å². The van der Waals surface area contributed by atoms with Crippen molar-refractivity contribution in [1.82, 2.24) is 10.6 Å². The van der Waals surface area contributed by atoms with Gasteiger partial charge >= 0.3 is 0 Å². The summed E-state index contributed by atoms with van der Waals surface area (Å²) in [7, 11) is -2.93. The van der Waals surface area contributed by atoms with Gasteiger partial charge in [-0.3, -0.25) is 0 Å². The number of hydrogen-bond acceptors (Lipinski definition) is 4. The number of sulfone groups is 1. The van der Waals surface area contributed by atoms with E-state index in [0.717, 1.165) is 12.3 Å². The van der Waals surface area contributed by atoms with E-state index in [1.807, 2.05) is 32.9 Å². The van der Waals surface area contributed by atoms with E-state index in [4.69, 9.17) is 4.42 Å². The fourth-order valence-electron chi connectivity index (χ4n) is 1.77. The summed E-state index contributed by atoms with van der Waals surface area (Å²) in [5, 5.41) is 6.43. The van der Waals surface area contributed by atoms with Crippen molar-refractivity contribution < 1.29 is 12.8 Å². The Balaban J connectivity index is 2.53. The van der Waals surface area contributed by atoms with Gasteiger partial charge in [0, 0.05) is 19.3 Å². The highest BCUT2D eigenvalue weighted by atomic mass is 32.2. The van der Waals surface area contributed by atoms with Gasteiger partial charge in [0.15, 0.2) is 5.96 Å². The van der Waals surface area contributed by atoms with Gasteiger partial charge in [0.2, 0.25) is 0 Å². The van der Waals surface area contributed by atoms with Gasteiger partial charge in [0.1, 0.15) is 22.1 Å². The van der Waals surface area contributed by atoms with Gasteiger partial charge in [-0.05, 0) is 30.9 Å². The van der Waals surface area contributed by atoms with E-state index in [9.17, 15) is 8.42 Å². The Morgan fingerprint density at radius 3 is 2.64 bits per heavy atom. The van der Waals surface area contributed by atoms with Crippen LogP contribution in [0.15, 0.2) is 27.8 Å². The maximum absolute atomic E-state index is 11.3. The van der Waals surface area contributed by atoms with Crippen LogP contribution in [0.3, 0.4) is 0 Å². The minimum absolute atomic E-state index is 0.135. The van der Waals surface area contributed by atoms with Gasteiger partial charge in [0.05, 0.1) is 12.0 Å². The number of furan rings is 1. The summed E-state index contributed by atoms with van der Waals surface area (Å²) < 4.78 is 27.8. The number of rotatable bonds is 8. The summed E-state index contributed by atoms with van der Waals surface area (Å²) >= 11 is 0. The third-order valence-electron chi connectivity index (χ3n) is 3.20. The van der Waals surface area contributed by atoms with Crippen LogP contribution in [0.2, 0.25) is 0 Å². The molecule has 1 aromatic heterocycles. The number of nitrogens with one attached hydrogen (secondary N) is 2. The Bertz CT molecular complexity index is 563. The highest BCUT2D eigenvalue weighted by molar-refractivity contribution is 7.90. The van der Waals surface area contributed by atoms with Gasteiger partial charge in [-0.25, -0.2) is 13.4 Å². The Morgan fingerprint density at radius 2 is 2.09 bits per heavy atom. The lowest BCUT2D eigenvalue weighted by Crippen LogP contribution is -2.42. The molecule has 7 heteroatoms. The molecule has 1 heterocycles. The topological polar surface area (TPSA) is 83.7 Å². The summed E-state index contributed by atoms with van der Waals surface area (Å²) in [4.78, 5) is 4.45. The molecule has 0 unspecified atom stereocenters. The molecule has 0 fully saturated rings. The molecule has 0 radical (unpaired) electrons. The molecule has 0 saturated heterocycles. The number of hydrogen-bond donors (Lipinski definition) is 2. The molecule has 2 N–H and O–H groups in total. The molecule has 1 aromatic rings. The highest BCUT2D eigenvalue weighted by Gasteiger charge is 2.20. The predicted molar refractivity (Wildman–Crippen MR) is 89.6 cm³/mol. The van der Waals surface area contributed by atoms with Gasteiger partial charge < -0.3 is 15.1 Å². The first-order valence-corrected chi connectivity index (χ1v) is 9.50. The van der Waals surface area contributed by atoms with Crippen molar-refractivity contribution in [1.29, 1.82) is 0 Å². The summed E-state index contributed by atoms with van der Waals surface area (Å²) in [5.74, 6) is 1.70. The van der Waals surface area contributed by atoms with Crippen molar-refractivity contribution in [3.8, 4) is 0 Å². The molecule has 0 amide bonds. The average Bonchev–Trinajstić information content (AvgIpc) is 2.92. The zero-order chi connectivity index (χ0) is 16.6. The zero-order valence-corrected chi connectivity index (χ0v) is 14.7. The largest absolute Gasteiger partial charge is 0.467 e. The van der Waals surface area contributed by atoms with Crippen LogP contribution in [0, 0.1) is 5.41 Å². The lowest BCUT2D eigenvalue weighted by Gasteiger charge is -2.25. The monoisotopic (exact) mass is 329 g/mol. The van der Waals surface area contributed by atoms with Gasteiger partial charge in [0.25, 0.3) is 0 Å². The lowest BCUT2D eigenvalue weighted by molar-refractivity contribution is 0.348. The van der Waals surface area contributed by atoms with Crippen molar-refractivity contribution in [2.24, 2.45) is 10.4 Å². The van der Waals surface area contributed by atoms with Crippen LogP contribution in [-0.4, -0.2) is 39.5 Å². The van der Waals surface area contributed by atoms with E-state index in [0.29, 0.717) is 25.5 Å². The van der Waals surface area contributed by atoms with Crippen molar-refractivity contribution in [3.63, 3.8) is 0 Å². The van der Waals surface area contributed by atoms with Crippen LogP contribution in [0.25, 0.3) is 0 Å². The Morgan fingerprint density at radius 1 is 1.36 bits per heavy atom. The number of nitrogens with zero attached hydrogens (tertiary/aromatic N) is 1. The molecular weight excluding hydrogens is 302 g/mol. The molecule has 0 saturated carbocycles. The van der Waals surface area contributed by atoms with Gasteiger partial charge in [-0.15, -0.1) is 0 Å². The van der Waals surface area contributed by atoms with Crippen molar-refractivity contribution >= 4 is 15.8 Å². The standard InChI is InChI=1S/C15H27N3O3S/c1-5-16-14(17-11-13-7-6-9-21-13)18-12-15(2,3)8-10-22(4,19)20/h6-7,9H,5,8,10-12H2,1-4H3,(H2,16,17,18). The third kappa shape index (κ3) is 8.07. The Labute approximate surface area is 133 Å². The molecule has 0 atom stereocenters. The third-order valence-corrected chi connectivity index (χ3v) is 4.15. The Hall–Kier alpha value is -1.50. The maximum atomic E-state index is 11.3. The van der Waals surface area contributed by atoms with Crippen molar-refractivity contribution in [2.75, 3.05) is 25.1 Å². The van der Waals surface area contributed by atoms with Crippen molar-refractivity contribution in [2.45, 2.75) is 33.7 Å². The number of guanidine groups is 1. The van der Waals surface area contributed by atoms with E-state index in [2.05, 4.69) is 15.6 Å². The highest BCUT2D eigenvalue weighted by Crippen LogP contribution is 2.19. The first kappa shape index (κ1) is 18.5. The summed E-state index contributed by atoms with van der Waals surface area (Å²) in [5.41, 5.74) is -0.135. The fraction of sp³-hybridized carbons (Fsp3) is 0.667. The molecule has 0 aliphatic heterocycles. The molecule has 6 nitrogen and oxygen atoms in total. The van der Waals surface area contributed by atoms with Crippen molar-refractivity contribution in [3.05, 3.63) is 24.2 Å². The predicted octanol–water partition coefficient (Wildman–Crippen LogP) is 1.80. The first-order valence-electron chi connectivity index (χ1n) is 7.44. The van der Waals surface area contributed by atoms with E-state index in [-0.39, 0.29) is 11.2 Å². The second kappa shape index (κ2) is 8.22. The van der Waals surface area contributed by atoms with Gasteiger partial charge in [-0.2, -0.15) is 0 Å². The van der Waals surface area contributed by atoms with Crippen LogP contribution in [-0.2, 0) is 16.4 Å². The molecule has 126 valence electrons. The summed E-state index contributed by atoms with van der Waals surface area (Å²) in [6.45, 7) is 7.95.